The third-order valence-corrected chi connectivity index (χ3v) is 18.0. The van der Waals surface area contributed by atoms with Gasteiger partial charge in [0.25, 0.3) is 0 Å². The van der Waals surface area contributed by atoms with Crippen LogP contribution < -0.4 is 31.3 Å². The van der Waals surface area contributed by atoms with Gasteiger partial charge >= 0.3 is 6.01 Å². The number of hydrogen-bond donors (Lipinski definition) is 5. The van der Waals surface area contributed by atoms with E-state index < -0.39 is 35.2 Å². The molecule has 6 N–H and O–H groups in total. The van der Waals surface area contributed by atoms with Crippen LogP contribution in [0.1, 0.15) is 109 Å². The zero-order valence-corrected chi connectivity index (χ0v) is 46.6. The second-order valence-corrected chi connectivity index (χ2v) is 24.5. The van der Waals surface area contributed by atoms with E-state index in [-0.39, 0.29) is 98.7 Å². The lowest BCUT2D eigenvalue weighted by Gasteiger charge is -2.37. The average molecular weight is 1110 g/mol. The van der Waals surface area contributed by atoms with Gasteiger partial charge in [0.05, 0.1) is 43.5 Å². The highest BCUT2D eigenvalue weighted by molar-refractivity contribution is 7.22. The van der Waals surface area contributed by atoms with Crippen molar-refractivity contribution in [2.24, 2.45) is 5.41 Å². The first-order valence-corrected chi connectivity index (χ1v) is 29.0. The number of piperazine rings is 1. The number of halogens is 3. The molecule has 0 aliphatic carbocycles. The van der Waals surface area contributed by atoms with Gasteiger partial charge in [-0.2, -0.15) is 9.97 Å². The Morgan fingerprint density at radius 2 is 1.74 bits per heavy atom. The van der Waals surface area contributed by atoms with Crippen LogP contribution in [0.4, 0.5) is 19.7 Å². The summed E-state index contributed by atoms with van der Waals surface area (Å²) in [5.74, 6) is -1.57. The number of thiazole rings is 2. The monoisotopic (exact) mass is 1110 g/mol. The van der Waals surface area contributed by atoms with Crippen molar-refractivity contribution in [3.05, 3.63) is 75.9 Å². The number of unbranched alkanes of at least 4 members (excludes halogenated alkanes) is 3. The van der Waals surface area contributed by atoms with Crippen LogP contribution in [0.2, 0.25) is 5.02 Å². The normalized spacial score (nSPS) is 21.5. The van der Waals surface area contributed by atoms with Gasteiger partial charge in [-0.15, -0.1) is 11.3 Å². The minimum Gasteiger partial charge on any atom is -0.462 e. The second kappa shape index (κ2) is 23.0. The molecule has 3 aromatic heterocycles. The van der Waals surface area contributed by atoms with Crippen molar-refractivity contribution in [3.63, 3.8) is 0 Å². The van der Waals surface area contributed by atoms with Crippen LogP contribution >= 0.6 is 34.3 Å². The van der Waals surface area contributed by atoms with Crippen LogP contribution in [0.15, 0.2) is 48.0 Å². The van der Waals surface area contributed by atoms with E-state index in [0.29, 0.717) is 29.8 Å². The van der Waals surface area contributed by atoms with E-state index in [9.17, 15) is 23.9 Å². The van der Waals surface area contributed by atoms with E-state index >= 15 is 4.39 Å². The third-order valence-electron chi connectivity index (χ3n) is 15.8. The predicted molar refractivity (Wildman–Crippen MR) is 299 cm³/mol. The maximum absolute atomic E-state index is 17.1. The quantitative estimate of drug-likeness (QED) is 0.0511. The number of carbonyl (C=O) groups excluding carboxylic acids is 3. The van der Waals surface area contributed by atoms with Gasteiger partial charge in [-0.05, 0) is 100 Å². The summed E-state index contributed by atoms with van der Waals surface area (Å²) in [7, 11) is 0. The SMILES string of the molecule is Cc1ncsc1-c1ccc(C(C)NC(=O)[C@@H]2C[C@@H](O)CN2C(=O)C(NC(=O)CCCCCCN2CCC[C@H]2COc2nc(N3C4CCC3CNC4)c3cc(Cl)c(-c4ccc(F)c5sc(N)nc45)c(F)c3n2)C(C)(C)C)cc1. The van der Waals surface area contributed by atoms with Crippen molar-refractivity contribution in [2.75, 3.05) is 50.0 Å². The minimum atomic E-state index is -0.902. The summed E-state index contributed by atoms with van der Waals surface area (Å²) >= 11 is 9.50. The smallest absolute Gasteiger partial charge is 0.319 e. The van der Waals surface area contributed by atoms with Crippen molar-refractivity contribution in [2.45, 2.75) is 141 Å². The van der Waals surface area contributed by atoms with E-state index in [4.69, 9.17) is 32.0 Å². The molecule has 3 amide bonds. The number of amides is 3. The van der Waals surface area contributed by atoms with E-state index in [1.54, 1.807) is 17.4 Å². The van der Waals surface area contributed by atoms with Crippen molar-refractivity contribution < 1.29 is 33.0 Å². The van der Waals surface area contributed by atoms with Crippen LogP contribution in [-0.4, -0.2) is 128 Å². The van der Waals surface area contributed by atoms with Crippen molar-refractivity contribution in [3.8, 4) is 27.6 Å². The summed E-state index contributed by atoms with van der Waals surface area (Å²) in [4.78, 5) is 67.1. The van der Waals surface area contributed by atoms with Gasteiger partial charge in [0, 0.05) is 67.1 Å². The maximum Gasteiger partial charge on any atom is 0.319 e. The predicted octanol–water partition coefficient (Wildman–Crippen LogP) is 8.96. The minimum absolute atomic E-state index is 0.000944. The molecule has 0 saturated carbocycles. The number of aromatic nitrogens is 4. The number of aliphatic hydroxyl groups is 1. The van der Waals surface area contributed by atoms with Crippen LogP contribution in [0.5, 0.6) is 6.01 Å². The molecule has 410 valence electrons. The molecule has 4 aliphatic heterocycles. The molecule has 7 atom stereocenters. The number of aliphatic hydroxyl groups excluding tert-OH is 1. The van der Waals surface area contributed by atoms with Crippen LogP contribution in [0.25, 0.3) is 42.7 Å². The largest absolute Gasteiger partial charge is 0.462 e. The lowest BCUT2D eigenvalue weighted by atomic mass is 9.85. The molecule has 4 saturated heterocycles. The first-order chi connectivity index (χ1) is 36.9. The molecule has 6 aromatic rings. The number of β-amino-alcohol motifs (C(OH)–C–C–N with tert-alkyl or cyclic N) is 1. The zero-order valence-electron chi connectivity index (χ0n) is 44.2. The van der Waals surface area contributed by atoms with E-state index in [0.717, 1.165) is 104 Å². The molecule has 0 spiro atoms. The number of anilines is 2. The van der Waals surface area contributed by atoms with E-state index in [2.05, 4.69) is 35.7 Å². The molecular formula is C56H68ClF2N11O5S2. The lowest BCUT2D eigenvalue weighted by Crippen LogP contribution is -2.57. The number of rotatable bonds is 18. The van der Waals surface area contributed by atoms with Crippen LogP contribution in [0.3, 0.4) is 0 Å². The molecule has 10 rings (SSSR count). The third kappa shape index (κ3) is 11.6. The number of nitrogen functional groups attached to an aromatic ring is 1. The Kier molecular flexibility index (Phi) is 16.3. The fourth-order valence-corrected chi connectivity index (χ4v) is 13.6. The van der Waals surface area contributed by atoms with E-state index in [1.165, 1.54) is 17.0 Å². The van der Waals surface area contributed by atoms with Crippen LogP contribution in [0, 0.1) is 24.0 Å². The number of hydrogen-bond acceptors (Lipinski definition) is 15. The molecule has 3 aromatic carbocycles. The van der Waals surface area contributed by atoms with Crippen molar-refractivity contribution >= 4 is 84.1 Å². The maximum atomic E-state index is 17.1. The van der Waals surface area contributed by atoms with Gasteiger partial charge < -0.3 is 41.3 Å². The Bertz CT molecular complexity index is 3140. The standard InChI is InChI=1S/C56H68ClF2N11O5S2/c1-30(32-13-15-33(16-14-32)48-31(2)62-29-76-48)63-52(73)42-23-37(71)27-69(42)53(74)50(56(3,4)5)64-43(72)12-8-6-7-9-21-68-22-10-11-36(68)28-75-55-66-46-39(51(67-55)70-34-17-18-35(70)26-61-25-34)24-40(57)44(45(46)59)38-19-20-41(58)49-47(38)65-54(60)77-49/h13-16,19-20,24,29-30,34-37,42,50,61,71H,6-12,17-18,21-23,25-28H2,1-5H3,(H2,60,65)(H,63,73)(H,64,72)/t30?,34?,35?,36-,37+,42-,50?/m0/s1. The summed E-state index contributed by atoms with van der Waals surface area (Å²) in [6, 6.07) is 10.8. The molecule has 0 radical (unpaired) electrons. The zero-order chi connectivity index (χ0) is 54.3. The summed E-state index contributed by atoms with van der Waals surface area (Å²) in [6.07, 6.45) is 6.62. The van der Waals surface area contributed by atoms with Gasteiger partial charge in [0.1, 0.15) is 35.8 Å². The summed E-state index contributed by atoms with van der Waals surface area (Å²) in [5, 5.41) is 21.1. The molecule has 16 nitrogen and oxygen atoms in total. The highest BCUT2D eigenvalue weighted by Gasteiger charge is 2.45. The first-order valence-electron chi connectivity index (χ1n) is 26.9. The molecule has 77 heavy (non-hydrogen) atoms. The fourth-order valence-electron chi connectivity index (χ4n) is 11.7. The number of nitrogens with one attached hydrogen (secondary N) is 3. The number of ether oxygens (including phenoxy) is 1. The number of fused-ring (bicyclic) bond motifs is 4. The van der Waals surface area contributed by atoms with Gasteiger partial charge in [-0.3, -0.25) is 19.3 Å². The number of nitrogens with zero attached hydrogens (tertiary/aromatic N) is 7. The molecule has 4 aliphatic rings. The summed E-state index contributed by atoms with van der Waals surface area (Å²) < 4.78 is 38.7. The molecular weight excluding hydrogens is 1040 g/mol. The Balaban J connectivity index is 0.728. The Labute approximate surface area is 460 Å². The number of benzene rings is 3. The molecule has 4 fully saturated rings. The van der Waals surface area contributed by atoms with Gasteiger partial charge in [-0.1, -0.05) is 80.8 Å². The van der Waals surface area contributed by atoms with Crippen LogP contribution in [-0.2, 0) is 14.4 Å². The Morgan fingerprint density at radius 1 is 0.987 bits per heavy atom. The number of aryl methyl sites for hydroxylation is 1. The highest BCUT2D eigenvalue weighted by Crippen LogP contribution is 2.44. The summed E-state index contributed by atoms with van der Waals surface area (Å²) in [6.45, 7) is 13.1. The first kappa shape index (κ1) is 54.7. The molecule has 21 heteroatoms. The number of likely N-dealkylation sites (tertiary alicyclic amines) is 2. The van der Waals surface area contributed by atoms with Crippen molar-refractivity contribution in [1.29, 1.82) is 0 Å². The number of nitrogens with two attached hydrogens (primary N) is 1. The fraction of sp³-hybridized carbons (Fsp3) is 0.518. The topological polar surface area (TPSA) is 204 Å². The van der Waals surface area contributed by atoms with Gasteiger partial charge in [0.15, 0.2) is 10.9 Å². The highest BCUT2D eigenvalue weighted by atomic mass is 35.5. The number of carbonyl (C=O) groups is 3. The van der Waals surface area contributed by atoms with Crippen molar-refractivity contribution in [1.82, 2.24) is 45.7 Å². The molecule has 4 unspecified atom stereocenters. The average Bonchev–Trinajstić information content (AvgIpc) is 4.32. The molecule has 2 bridgehead atoms. The second-order valence-electron chi connectivity index (χ2n) is 22.2. The van der Waals surface area contributed by atoms with E-state index in [1.807, 2.05) is 64.4 Å². The van der Waals surface area contributed by atoms with Gasteiger partial charge in [-0.25, -0.2) is 18.7 Å². The van der Waals surface area contributed by atoms with Gasteiger partial charge in [0.2, 0.25) is 17.7 Å². The Hall–Kier alpha value is -5.64. The lowest BCUT2D eigenvalue weighted by molar-refractivity contribution is -0.144. The molecule has 7 heterocycles. The Morgan fingerprint density at radius 3 is 2.47 bits per heavy atom. The summed E-state index contributed by atoms with van der Waals surface area (Å²) in [5.41, 5.74) is 10.7.